The number of benzene rings is 1. The van der Waals surface area contributed by atoms with E-state index in [1.807, 2.05) is 55.0 Å². The summed E-state index contributed by atoms with van der Waals surface area (Å²) >= 11 is 0. The van der Waals surface area contributed by atoms with E-state index >= 15 is 0 Å². The summed E-state index contributed by atoms with van der Waals surface area (Å²) in [6, 6.07) is 13.9. The smallest absolute Gasteiger partial charge is 0.254 e. The summed E-state index contributed by atoms with van der Waals surface area (Å²) in [7, 11) is 0. The molecule has 1 amide bonds. The Morgan fingerprint density at radius 1 is 0.968 bits per heavy atom. The fourth-order valence-corrected chi connectivity index (χ4v) is 5.08. The second kappa shape index (κ2) is 9.02. The molecule has 0 spiro atoms. The lowest BCUT2D eigenvalue weighted by molar-refractivity contribution is 0.0500. The Morgan fingerprint density at radius 3 is 2.58 bits per heavy atom. The lowest BCUT2D eigenvalue weighted by atomic mass is 9.87. The van der Waals surface area contributed by atoms with Gasteiger partial charge in [-0.15, -0.1) is 0 Å². The van der Waals surface area contributed by atoms with Crippen molar-refractivity contribution in [3.05, 3.63) is 84.2 Å². The number of likely N-dealkylation sites (tertiary alicyclic amines) is 1. The zero-order chi connectivity index (χ0) is 21.0. The summed E-state index contributed by atoms with van der Waals surface area (Å²) < 4.78 is 2.25. The Kier molecular flexibility index (Phi) is 5.80. The number of fused-ring (bicyclic) bond motifs is 1. The van der Waals surface area contributed by atoms with Crippen molar-refractivity contribution in [2.75, 3.05) is 19.6 Å². The minimum atomic E-state index is 0.0331. The van der Waals surface area contributed by atoms with E-state index in [0.717, 1.165) is 63.4 Å². The van der Waals surface area contributed by atoms with Gasteiger partial charge in [-0.1, -0.05) is 24.3 Å². The average Bonchev–Trinajstić information content (AvgIpc) is 3.20. The third kappa shape index (κ3) is 4.26. The maximum Gasteiger partial charge on any atom is 0.254 e. The first-order chi connectivity index (χ1) is 15.3. The van der Waals surface area contributed by atoms with Crippen molar-refractivity contribution in [1.29, 1.82) is 0 Å². The molecule has 2 aliphatic rings. The number of amides is 1. The van der Waals surface area contributed by atoms with Gasteiger partial charge in [0.2, 0.25) is 0 Å². The summed E-state index contributed by atoms with van der Waals surface area (Å²) in [6.07, 6.45) is 10.8. The monoisotopic (exact) mass is 415 g/mol. The minimum absolute atomic E-state index is 0.0331. The highest BCUT2D eigenvalue weighted by Gasteiger charge is 2.38. The Morgan fingerprint density at radius 2 is 1.81 bits per heavy atom. The van der Waals surface area contributed by atoms with Crippen LogP contribution in [-0.4, -0.2) is 49.9 Å². The predicted molar refractivity (Wildman–Crippen MR) is 119 cm³/mol. The molecule has 1 atom stereocenters. The number of piperidine rings is 1. The van der Waals surface area contributed by atoms with Gasteiger partial charge >= 0.3 is 0 Å². The number of pyridine rings is 1. The van der Waals surface area contributed by atoms with Crippen molar-refractivity contribution >= 4 is 5.91 Å². The summed E-state index contributed by atoms with van der Waals surface area (Å²) in [6.45, 7) is 4.70. The second-order valence-corrected chi connectivity index (χ2v) is 8.62. The minimum Gasteiger partial charge on any atom is -0.333 e. The number of hydrogen-bond donors (Lipinski definition) is 0. The van der Waals surface area contributed by atoms with Crippen LogP contribution in [0.3, 0.4) is 0 Å². The molecule has 31 heavy (non-hydrogen) atoms. The maximum atomic E-state index is 13.5. The van der Waals surface area contributed by atoms with Gasteiger partial charge in [0.1, 0.15) is 5.82 Å². The number of imidazole rings is 1. The molecule has 6 nitrogen and oxygen atoms in total. The summed E-state index contributed by atoms with van der Waals surface area (Å²) in [5.74, 6) is 1.59. The molecule has 0 N–H and O–H groups in total. The molecule has 1 unspecified atom stereocenters. The van der Waals surface area contributed by atoms with Crippen LogP contribution in [0.25, 0.3) is 0 Å². The van der Waals surface area contributed by atoms with Crippen molar-refractivity contribution in [3.8, 4) is 0 Å². The third-order valence-corrected chi connectivity index (χ3v) is 6.64. The molecule has 0 radical (unpaired) electrons. The van der Waals surface area contributed by atoms with E-state index in [0.29, 0.717) is 5.92 Å². The Balaban J connectivity index is 1.36. The average molecular weight is 416 g/mol. The van der Waals surface area contributed by atoms with E-state index in [2.05, 4.69) is 31.6 Å². The van der Waals surface area contributed by atoms with Gasteiger partial charge in [-0.3, -0.25) is 14.7 Å². The molecule has 6 heteroatoms. The number of hydrogen-bond acceptors (Lipinski definition) is 4. The van der Waals surface area contributed by atoms with E-state index in [4.69, 9.17) is 4.98 Å². The topological polar surface area (TPSA) is 54.3 Å². The van der Waals surface area contributed by atoms with Crippen molar-refractivity contribution < 1.29 is 4.79 Å². The fourth-order valence-electron chi connectivity index (χ4n) is 5.08. The van der Waals surface area contributed by atoms with E-state index in [1.165, 1.54) is 5.56 Å². The van der Waals surface area contributed by atoms with Crippen LogP contribution in [0.15, 0.2) is 67.3 Å². The molecule has 4 heterocycles. The number of nitrogens with zero attached hydrogens (tertiary/aromatic N) is 5. The number of rotatable bonds is 4. The van der Waals surface area contributed by atoms with Crippen LogP contribution in [-0.2, 0) is 13.1 Å². The molecule has 0 aliphatic carbocycles. The van der Waals surface area contributed by atoms with E-state index in [1.54, 1.807) is 0 Å². The normalized spacial score (nSPS) is 20.3. The summed E-state index contributed by atoms with van der Waals surface area (Å²) in [4.78, 5) is 27.1. The molecule has 2 aromatic heterocycles. The van der Waals surface area contributed by atoms with Crippen molar-refractivity contribution in [2.45, 2.75) is 38.4 Å². The largest absolute Gasteiger partial charge is 0.333 e. The van der Waals surface area contributed by atoms with Crippen LogP contribution in [0, 0.1) is 5.92 Å². The molecule has 160 valence electrons. The number of carbonyl (C=O) groups is 1. The molecule has 1 fully saturated rings. The Bertz CT molecular complexity index is 995. The number of aryl methyl sites for hydroxylation is 1. The quantitative estimate of drug-likeness (QED) is 0.651. The van der Waals surface area contributed by atoms with Gasteiger partial charge in [-0.25, -0.2) is 4.98 Å². The Labute approximate surface area is 183 Å². The van der Waals surface area contributed by atoms with Crippen LogP contribution in [0.5, 0.6) is 0 Å². The van der Waals surface area contributed by atoms with E-state index in [-0.39, 0.29) is 11.9 Å². The van der Waals surface area contributed by atoms with Crippen LogP contribution in [0.4, 0.5) is 0 Å². The van der Waals surface area contributed by atoms with Gasteiger partial charge in [-0.05, 0) is 62.0 Å². The summed E-state index contributed by atoms with van der Waals surface area (Å²) in [5, 5.41) is 0. The van der Waals surface area contributed by atoms with Crippen LogP contribution in [0.1, 0.15) is 47.1 Å². The van der Waals surface area contributed by atoms with E-state index < -0.39 is 0 Å². The second-order valence-electron chi connectivity index (χ2n) is 8.62. The molecule has 2 aliphatic heterocycles. The molecule has 3 aromatic rings. The first-order valence-corrected chi connectivity index (χ1v) is 11.3. The molecule has 1 saturated heterocycles. The zero-order valence-corrected chi connectivity index (χ0v) is 17.8. The summed E-state index contributed by atoms with van der Waals surface area (Å²) in [5.41, 5.74) is 2.02. The highest BCUT2D eigenvalue weighted by molar-refractivity contribution is 5.94. The SMILES string of the molecule is O=C(c1ccccc1)N1CCCn2ccnc2C1C1CCN(Cc2cccnc2)CC1. The van der Waals surface area contributed by atoms with Gasteiger partial charge in [0.25, 0.3) is 5.91 Å². The predicted octanol–water partition coefficient (Wildman–Crippen LogP) is 3.78. The van der Waals surface area contributed by atoms with Crippen molar-refractivity contribution in [3.63, 3.8) is 0 Å². The third-order valence-electron chi connectivity index (χ3n) is 6.64. The molecular formula is C25H29N5O. The Hall–Kier alpha value is -2.99. The first kappa shape index (κ1) is 19.9. The van der Waals surface area contributed by atoms with Gasteiger partial charge in [0.15, 0.2) is 0 Å². The number of carbonyl (C=O) groups excluding carboxylic acids is 1. The molecule has 5 rings (SSSR count). The number of aromatic nitrogens is 3. The van der Waals surface area contributed by atoms with Crippen molar-refractivity contribution in [1.82, 2.24) is 24.3 Å². The standard InChI is InChI=1S/C25H29N5O/c31-25(22-7-2-1-3-8-22)30-14-5-13-29-17-12-27-24(29)23(30)21-9-15-28(16-10-21)19-20-6-4-11-26-18-20/h1-4,6-8,11-12,17-18,21,23H,5,9-10,13-16,19H2. The van der Waals surface area contributed by atoms with Crippen LogP contribution < -0.4 is 0 Å². The molecular weight excluding hydrogens is 386 g/mol. The molecule has 0 saturated carbocycles. The zero-order valence-electron chi connectivity index (χ0n) is 17.8. The highest BCUT2D eigenvalue weighted by Crippen LogP contribution is 2.37. The van der Waals surface area contributed by atoms with Crippen LogP contribution in [0.2, 0.25) is 0 Å². The first-order valence-electron chi connectivity index (χ1n) is 11.3. The fraction of sp³-hybridized carbons (Fsp3) is 0.400. The maximum absolute atomic E-state index is 13.5. The van der Waals surface area contributed by atoms with E-state index in [9.17, 15) is 4.79 Å². The molecule has 0 bridgehead atoms. The van der Waals surface area contributed by atoms with Gasteiger partial charge < -0.3 is 9.47 Å². The molecule has 1 aromatic carbocycles. The van der Waals surface area contributed by atoms with Gasteiger partial charge in [0, 0.05) is 50.0 Å². The lowest BCUT2D eigenvalue weighted by Gasteiger charge is -2.40. The van der Waals surface area contributed by atoms with Gasteiger partial charge in [0.05, 0.1) is 6.04 Å². The van der Waals surface area contributed by atoms with Crippen LogP contribution >= 0.6 is 0 Å². The van der Waals surface area contributed by atoms with Crippen molar-refractivity contribution in [2.24, 2.45) is 5.92 Å². The van der Waals surface area contributed by atoms with Gasteiger partial charge in [-0.2, -0.15) is 0 Å². The highest BCUT2D eigenvalue weighted by atomic mass is 16.2. The lowest BCUT2D eigenvalue weighted by Crippen LogP contribution is -2.43.